The van der Waals surface area contributed by atoms with Gasteiger partial charge in [0.15, 0.2) is 0 Å². The van der Waals surface area contributed by atoms with E-state index in [0.717, 1.165) is 12.5 Å². The Kier molecular flexibility index (Phi) is 0.875. The van der Waals surface area contributed by atoms with Crippen LogP contribution in [0.2, 0.25) is 0 Å². The topological polar surface area (TPSA) is 24.4 Å². The van der Waals surface area contributed by atoms with Crippen LogP contribution in [0, 0.1) is 5.92 Å². The number of fused-ring (bicyclic) bond motifs is 1. The van der Waals surface area contributed by atoms with Gasteiger partial charge in [0.25, 0.3) is 0 Å². The van der Waals surface area contributed by atoms with E-state index < -0.39 is 0 Å². The number of aliphatic imine (C=N–C) groups is 1. The van der Waals surface area contributed by atoms with Crippen LogP contribution in [-0.4, -0.2) is 25.3 Å². The van der Waals surface area contributed by atoms with Gasteiger partial charge in [0, 0.05) is 13.1 Å². The van der Waals surface area contributed by atoms with Crippen LogP contribution in [-0.2, 0) is 0 Å². The molecule has 0 spiro atoms. The summed E-state index contributed by atoms with van der Waals surface area (Å²) in [5, 5.41) is 3.31. The molecule has 1 N–H and O–H groups in total. The molecular formula is C6H10N2. The van der Waals surface area contributed by atoms with Gasteiger partial charge in [-0.25, -0.2) is 0 Å². The highest BCUT2D eigenvalue weighted by Crippen LogP contribution is 2.19. The minimum Gasteiger partial charge on any atom is -0.314 e. The monoisotopic (exact) mass is 110 g/mol. The van der Waals surface area contributed by atoms with Crippen LogP contribution in [0.15, 0.2) is 4.99 Å². The Hall–Kier alpha value is -0.370. The van der Waals surface area contributed by atoms with Crippen LogP contribution < -0.4 is 5.32 Å². The predicted molar refractivity (Wildman–Crippen MR) is 33.3 cm³/mol. The summed E-state index contributed by atoms with van der Waals surface area (Å²) in [6, 6.07) is 0.634. The molecule has 1 saturated heterocycles. The number of nitrogens with zero attached hydrogens (tertiary/aromatic N) is 1. The molecule has 2 aliphatic rings. The van der Waals surface area contributed by atoms with Crippen LogP contribution in [0.4, 0.5) is 0 Å². The number of hydrogen-bond donors (Lipinski definition) is 1. The van der Waals surface area contributed by atoms with Crippen molar-refractivity contribution in [3.8, 4) is 0 Å². The summed E-state index contributed by atoms with van der Waals surface area (Å²) < 4.78 is 0. The van der Waals surface area contributed by atoms with E-state index in [0.29, 0.717) is 6.04 Å². The average molecular weight is 110 g/mol. The highest BCUT2D eigenvalue weighted by Gasteiger charge is 2.28. The summed E-state index contributed by atoms with van der Waals surface area (Å²) in [6.45, 7) is 2.30. The first-order valence-corrected chi connectivity index (χ1v) is 3.19. The molecule has 2 nitrogen and oxygen atoms in total. The zero-order valence-electron chi connectivity index (χ0n) is 4.80. The van der Waals surface area contributed by atoms with Crippen molar-refractivity contribution in [1.29, 1.82) is 0 Å². The molecule has 2 unspecified atom stereocenters. The van der Waals surface area contributed by atoms with Crippen molar-refractivity contribution in [3.05, 3.63) is 0 Å². The summed E-state index contributed by atoms with van der Waals surface area (Å²) in [4.78, 5) is 4.31. The summed E-state index contributed by atoms with van der Waals surface area (Å²) in [5.74, 6) is 0.843. The van der Waals surface area contributed by atoms with E-state index in [1.165, 1.54) is 13.0 Å². The zero-order chi connectivity index (χ0) is 5.40. The second kappa shape index (κ2) is 1.55. The van der Waals surface area contributed by atoms with E-state index in [-0.39, 0.29) is 0 Å². The first kappa shape index (κ1) is 4.50. The molecule has 2 heteroatoms. The van der Waals surface area contributed by atoms with Crippen molar-refractivity contribution in [2.45, 2.75) is 12.5 Å². The van der Waals surface area contributed by atoms with Gasteiger partial charge < -0.3 is 5.32 Å². The van der Waals surface area contributed by atoms with Gasteiger partial charge in [0.1, 0.15) is 0 Å². The van der Waals surface area contributed by atoms with E-state index >= 15 is 0 Å². The lowest BCUT2D eigenvalue weighted by atomic mass is 10.1. The fraction of sp³-hybridized carbons (Fsp3) is 0.833. The molecular weight excluding hydrogens is 100 g/mol. The molecule has 0 aliphatic carbocycles. The molecule has 1 fully saturated rings. The smallest absolute Gasteiger partial charge is 0.0663 e. The quantitative estimate of drug-likeness (QED) is 0.468. The van der Waals surface area contributed by atoms with Crippen LogP contribution >= 0.6 is 0 Å². The van der Waals surface area contributed by atoms with Gasteiger partial charge in [-0.2, -0.15) is 0 Å². The Morgan fingerprint density at radius 2 is 2.50 bits per heavy atom. The maximum absolute atomic E-state index is 4.31. The van der Waals surface area contributed by atoms with Gasteiger partial charge >= 0.3 is 0 Å². The van der Waals surface area contributed by atoms with E-state index in [4.69, 9.17) is 0 Å². The minimum absolute atomic E-state index is 0.634. The molecule has 2 atom stereocenters. The van der Waals surface area contributed by atoms with Crippen molar-refractivity contribution in [3.63, 3.8) is 0 Å². The molecule has 0 aromatic heterocycles. The summed E-state index contributed by atoms with van der Waals surface area (Å²) in [6.07, 6.45) is 3.27. The highest BCUT2D eigenvalue weighted by atomic mass is 15.0. The fourth-order valence-corrected chi connectivity index (χ4v) is 1.47. The molecule has 44 valence electrons. The Labute approximate surface area is 49.0 Å². The number of hydrogen-bond acceptors (Lipinski definition) is 2. The molecule has 2 heterocycles. The van der Waals surface area contributed by atoms with Gasteiger partial charge in [-0.1, -0.05) is 0 Å². The third-order valence-electron chi connectivity index (χ3n) is 2.01. The standard InChI is InChI=1S/C6H10N2/c1-2-8-6-4-7-3-5(1)6/h2,5-7H,1,3-4H2. The molecule has 0 amide bonds. The van der Waals surface area contributed by atoms with E-state index in [9.17, 15) is 0 Å². The fourth-order valence-electron chi connectivity index (χ4n) is 1.47. The Morgan fingerprint density at radius 1 is 1.50 bits per heavy atom. The summed E-state index contributed by atoms with van der Waals surface area (Å²) in [5.41, 5.74) is 0. The van der Waals surface area contributed by atoms with E-state index in [1.807, 2.05) is 0 Å². The number of rotatable bonds is 0. The second-order valence-electron chi connectivity index (χ2n) is 2.55. The molecule has 0 radical (unpaired) electrons. The summed E-state index contributed by atoms with van der Waals surface area (Å²) in [7, 11) is 0. The third-order valence-corrected chi connectivity index (χ3v) is 2.01. The Bertz CT molecular complexity index is 120. The normalized spacial score (nSPS) is 43.0. The first-order chi connectivity index (χ1) is 3.97. The molecule has 0 aromatic rings. The van der Waals surface area contributed by atoms with Gasteiger partial charge in [-0.3, -0.25) is 4.99 Å². The van der Waals surface area contributed by atoms with Crippen LogP contribution in [0.25, 0.3) is 0 Å². The van der Waals surface area contributed by atoms with Crippen molar-refractivity contribution < 1.29 is 0 Å². The molecule has 0 aromatic carbocycles. The van der Waals surface area contributed by atoms with Gasteiger partial charge in [-0.15, -0.1) is 0 Å². The lowest BCUT2D eigenvalue weighted by Gasteiger charge is -2.01. The maximum Gasteiger partial charge on any atom is 0.0663 e. The van der Waals surface area contributed by atoms with Crippen molar-refractivity contribution in [1.82, 2.24) is 5.32 Å². The summed E-state index contributed by atoms with van der Waals surface area (Å²) >= 11 is 0. The molecule has 0 saturated carbocycles. The minimum atomic E-state index is 0.634. The van der Waals surface area contributed by atoms with Gasteiger partial charge in [0.05, 0.1) is 6.04 Å². The van der Waals surface area contributed by atoms with Crippen molar-refractivity contribution in [2.75, 3.05) is 13.1 Å². The van der Waals surface area contributed by atoms with Crippen LogP contribution in [0.1, 0.15) is 6.42 Å². The van der Waals surface area contributed by atoms with E-state index in [1.54, 1.807) is 0 Å². The van der Waals surface area contributed by atoms with E-state index in [2.05, 4.69) is 16.5 Å². The lowest BCUT2D eigenvalue weighted by Crippen LogP contribution is -2.10. The largest absolute Gasteiger partial charge is 0.314 e. The maximum atomic E-state index is 4.31. The predicted octanol–water partition coefficient (Wildman–Crippen LogP) is 0.0489. The first-order valence-electron chi connectivity index (χ1n) is 3.19. The molecule has 2 rings (SSSR count). The lowest BCUT2D eigenvalue weighted by molar-refractivity contribution is 0.574. The van der Waals surface area contributed by atoms with Crippen molar-refractivity contribution >= 4 is 6.21 Å². The Morgan fingerprint density at radius 3 is 3.38 bits per heavy atom. The SMILES string of the molecule is C1=NC2CNCC2C1. The molecule has 8 heavy (non-hydrogen) atoms. The van der Waals surface area contributed by atoms with Gasteiger partial charge in [-0.05, 0) is 18.6 Å². The average Bonchev–Trinajstić information content (AvgIpc) is 2.15. The second-order valence-corrected chi connectivity index (χ2v) is 2.55. The van der Waals surface area contributed by atoms with Crippen LogP contribution in [0.5, 0.6) is 0 Å². The van der Waals surface area contributed by atoms with Crippen LogP contribution in [0.3, 0.4) is 0 Å². The Balaban J connectivity index is 2.13. The van der Waals surface area contributed by atoms with Crippen molar-refractivity contribution in [2.24, 2.45) is 10.9 Å². The highest BCUT2D eigenvalue weighted by molar-refractivity contribution is 5.61. The third kappa shape index (κ3) is 0.494. The molecule has 0 bridgehead atoms. The number of nitrogens with one attached hydrogen (secondary N) is 1. The van der Waals surface area contributed by atoms with Gasteiger partial charge in [0.2, 0.25) is 0 Å². The molecule has 2 aliphatic heterocycles. The zero-order valence-corrected chi connectivity index (χ0v) is 4.80.